The average molecular weight is 877 g/mol. The molecule has 2 aromatic rings. The molecule has 4 heterocycles. The minimum absolute atomic E-state index is 0.00410. The van der Waals surface area contributed by atoms with Gasteiger partial charge in [0.2, 0.25) is 5.78 Å². The highest BCUT2D eigenvalue weighted by molar-refractivity contribution is 6.08. The molecule has 0 bridgehead atoms. The highest BCUT2D eigenvalue weighted by Crippen LogP contribution is 2.47. The number of hydrogen-bond acceptors (Lipinski definition) is 13. The molecule has 2 aromatic carbocycles. The number of allylic oxidation sites excluding steroid dienone is 10. The number of aliphatic hydroxyl groups excluding tert-OH is 2. The Bertz CT molecular complexity index is 2290. The van der Waals surface area contributed by atoms with Crippen LogP contribution in [0.1, 0.15) is 99.1 Å². The first-order chi connectivity index (χ1) is 30.3. The first-order valence-electron chi connectivity index (χ1n) is 21.4. The summed E-state index contributed by atoms with van der Waals surface area (Å²) >= 11 is 0. The van der Waals surface area contributed by atoms with Crippen LogP contribution in [0.4, 0.5) is 0 Å². The van der Waals surface area contributed by atoms with Crippen LogP contribution >= 0.6 is 0 Å². The number of aromatic hydroxyl groups is 2. The summed E-state index contributed by atoms with van der Waals surface area (Å²) in [6, 6.07) is 2.83. The zero-order valence-electron chi connectivity index (χ0n) is 37.9. The van der Waals surface area contributed by atoms with E-state index in [0.29, 0.717) is 48.3 Å². The Balaban J connectivity index is 1.25. The van der Waals surface area contributed by atoms with Crippen molar-refractivity contribution in [2.45, 2.75) is 105 Å². The zero-order chi connectivity index (χ0) is 46.7. The van der Waals surface area contributed by atoms with Crippen molar-refractivity contribution in [1.82, 2.24) is 10.6 Å². The second-order valence-corrected chi connectivity index (χ2v) is 17.5. The highest BCUT2D eigenvalue weighted by atomic mass is 16.5. The lowest BCUT2D eigenvalue weighted by atomic mass is 9.86. The maximum Gasteiger partial charge on any atom is 0.224 e. The van der Waals surface area contributed by atoms with Crippen molar-refractivity contribution in [2.24, 2.45) is 11.8 Å². The SMILES string of the molecule is C=C(C)[C@H](CC=C(C)C)Cc1c(OC)cc(O)c2c1O[C@@H](C1=CC=C(C(=O)C3=CC=C([C@H]4CC(=O)c5c(O)cc(OC)c(C[C@@H](CC=C(C)C)C(=C)C)c5O4)[C@@H](O)N3)N[C@@H]1O)CC2=O. The third kappa shape index (κ3) is 9.90. The fourth-order valence-corrected chi connectivity index (χ4v) is 8.42. The lowest BCUT2D eigenvalue weighted by Gasteiger charge is -2.34. The van der Waals surface area contributed by atoms with Crippen LogP contribution in [0, 0.1) is 11.8 Å². The third-order valence-corrected chi connectivity index (χ3v) is 12.2. The third-order valence-electron chi connectivity index (χ3n) is 12.2. The van der Waals surface area contributed by atoms with Gasteiger partial charge >= 0.3 is 0 Å². The van der Waals surface area contributed by atoms with E-state index in [9.17, 15) is 34.8 Å². The number of aliphatic hydroxyl groups is 2. The quantitative estimate of drug-likeness (QED) is 0.0900. The number of hydrogen-bond donors (Lipinski definition) is 6. The maximum atomic E-state index is 13.8. The predicted octanol–water partition coefficient (Wildman–Crippen LogP) is 7.70. The first-order valence-corrected chi connectivity index (χ1v) is 21.4. The molecule has 340 valence electrons. The van der Waals surface area contributed by atoms with Gasteiger partial charge in [-0.3, -0.25) is 14.4 Å². The molecule has 0 radical (unpaired) electrons. The number of ketones is 3. The standard InChI is InChI=1S/C51H60N2O11/c1-25(2)11-13-29(27(5)6)19-33-41(61-9)21-37(54)45-39(56)23-43(63-48(33)45)31-15-17-35(52-50(31)59)47(58)36-18-16-32(51(60)53-36)44-24-40(57)46-38(55)22-42(62-10)34(49(46)64-44)20-30(28(7)8)14-12-26(3)4/h11-12,15-18,21-22,29-30,43-44,50-55,59-60H,5,7,13-14,19-20,23-24H2,1-4,6,8-10H3/t29-,30-,43-,44-,50-,51-/m1/s1. The van der Waals surface area contributed by atoms with Crippen molar-refractivity contribution < 1.29 is 53.8 Å². The van der Waals surface area contributed by atoms with Gasteiger partial charge < -0.3 is 50.0 Å². The van der Waals surface area contributed by atoms with Gasteiger partial charge in [-0.25, -0.2) is 0 Å². The number of carbonyl (C=O) groups excluding carboxylic acids is 3. The van der Waals surface area contributed by atoms with Crippen LogP contribution in [-0.4, -0.2) is 76.7 Å². The van der Waals surface area contributed by atoms with Gasteiger partial charge in [0.1, 0.15) is 57.8 Å². The van der Waals surface area contributed by atoms with Gasteiger partial charge in [-0.15, -0.1) is 0 Å². The van der Waals surface area contributed by atoms with Crippen molar-refractivity contribution in [2.75, 3.05) is 14.2 Å². The van der Waals surface area contributed by atoms with E-state index in [1.54, 1.807) is 0 Å². The molecular weight excluding hydrogens is 817 g/mol. The predicted molar refractivity (Wildman–Crippen MR) is 244 cm³/mol. The molecule has 0 aromatic heterocycles. The van der Waals surface area contributed by atoms with E-state index < -0.39 is 30.4 Å². The number of Topliss-reactive ketones (excluding diaryl/α,β-unsaturated/α-hetero) is 3. The highest BCUT2D eigenvalue weighted by Gasteiger charge is 2.40. The van der Waals surface area contributed by atoms with E-state index in [1.807, 2.05) is 41.5 Å². The van der Waals surface area contributed by atoms with Crippen molar-refractivity contribution in [3.63, 3.8) is 0 Å². The molecule has 4 aliphatic rings. The number of methoxy groups -OCH3 is 2. The molecule has 0 unspecified atom stereocenters. The Labute approximate surface area is 374 Å². The number of dihydropyridines is 2. The van der Waals surface area contributed by atoms with E-state index in [2.05, 4.69) is 35.9 Å². The first kappa shape index (κ1) is 47.2. The second-order valence-electron chi connectivity index (χ2n) is 17.5. The normalized spacial score (nSPS) is 21.0. The van der Waals surface area contributed by atoms with Crippen LogP contribution in [0.25, 0.3) is 0 Å². The molecule has 0 fully saturated rings. The summed E-state index contributed by atoms with van der Waals surface area (Å²) in [4.78, 5) is 41.1. The minimum Gasteiger partial charge on any atom is -0.507 e. The molecule has 6 atom stereocenters. The van der Waals surface area contributed by atoms with Crippen LogP contribution in [0.15, 0.2) is 107 Å². The topological polar surface area (TPSA) is 193 Å². The van der Waals surface area contributed by atoms with Crippen LogP contribution in [0.2, 0.25) is 0 Å². The van der Waals surface area contributed by atoms with Crippen molar-refractivity contribution in [3.8, 4) is 34.5 Å². The van der Waals surface area contributed by atoms with Gasteiger partial charge in [0, 0.05) is 34.4 Å². The molecule has 0 saturated carbocycles. The number of rotatable bonds is 16. The van der Waals surface area contributed by atoms with Crippen LogP contribution in [-0.2, 0) is 17.6 Å². The second kappa shape index (κ2) is 19.6. The summed E-state index contributed by atoms with van der Waals surface area (Å²) in [5.74, 6) is -0.904. The Hall–Kier alpha value is -6.31. The molecule has 0 aliphatic carbocycles. The van der Waals surface area contributed by atoms with Crippen LogP contribution in [0.5, 0.6) is 34.5 Å². The fraction of sp³-hybridized carbons (Fsp3) is 0.392. The van der Waals surface area contributed by atoms with Gasteiger partial charge in [0.05, 0.1) is 38.5 Å². The molecule has 0 spiro atoms. The number of ether oxygens (including phenoxy) is 4. The summed E-state index contributed by atoms with van der Waals surface area (Å²) in [6.07, 6.45) is 7.24. The van der Waals surface area contributed by atoms with Gasteiger partial charge in [-0.1, -0.05) is 59.8 Å². The number of phenolic OH excluding ortho intramolecular Hbond substituents is 2. The van der Waals surface area contributed by atoms with Gasteiger partial charge in [-0.2, -0.15) is 0 Å². The Morgan fingerprint density at radius 3 is 1.39 bits per heavy atom. The summed E-state index contributed by atoms with van der Waals surface area (Å²) in [5.41, 5.74) is 5.97. The Morgan fingerprint density at radius 1 is 0.703 bits per heavy atom. The van der Waals surface area contributed by atoms with E-state index in [0.717, 1.165) is 22.3 Å². The summed E-state index contributed by atoms with van der Waals surface area (Å²) in [7, 11) is 2.95. The number of carbonyl (C=O) groups is 3. The number of phenols is 2. The van der Waals surface area contributed by atoms with E-state index in [-0.39, 0.29) is 92.9 Å². The van der Waals surface area contributed by atoms with Gasteiger partial charge in [0.25, 0.3) is 0 Å². The number of benzene rings is 2. The van der Waals surface area contributed by atoms with Gasteiger partial charge in [-0.05, 0) is 91.2 Å². The lowest BCUT2D eigenvalue weighted by Crippen LogP contribution is -2.45. The monoisotopic (exact) mass is 876 g/mol. The number of nitrogens with one attached hydrogen (secondary N) is 2. The summed E-state index contributed by atoms with van der Waals surface area (Å²) in [6.45, 7) is 20.3. The van der Waals surface area contributed by atoms with E-state index in [1.165, 1.54) is 50.7 Å². The molecule has 6 N–H and O–H groups in total. The van der Waals surface area contributed by atoms with E-state index >= 15 is 0 Å². The average Bonchev–Trinajstić information content (AvgIpc) is 3.23. The molecule has 64 heavy (non-hydrogen) atoms. The Morgan fingerprint density at radius 2 is 1.08 bits per heavy atom. The summed E-state index contributed by atoms with van der Waals surface area (Å²) < 4.78 is 24.2. The fourth-order valence-electron chi connectivity index (χ4n) is 8.42. The molecule has 4 aliphatic heterocycles. The van der Waals surface area contributed by atoms with Crippen molar-refractivity contribution >= 4 is 17.3 Å². The minimum atomic E-state index is -1.44. The lowest BCUT2D eigenvalue weighted by molar-refractivity contribution is -0.113. The largest absolute Gasteiger partial charge is 0.507 e. The smallest absolute Gasteiger partial charge is 0.224 e. The maximum absolute atomic E-state index is 13.8. The number of fused-ring (bicyclic) bond motifs is 2. The van der Waals surface area contributed by atoms with Crippen molar-refractivity contribution in [1.29, 1.82) is 0 Å². The molecule has 0 saturated heterocycles. The molecule has 6 rings (SSSR count). The zero-order valence-corrected chi connectivity index (χ0v) is 37.9. The van der Waals surface area contributed by atoms with Crippen LogP contribution < -0.4 is 29.6 Å². The molecular formula is C51H60N2O11. The van der Waals surface area contributed by atoms with Crippen LogP contribution in [0.3, 0.4) is 0 Å². The summed E-state index contributed by atoms with van der Waals surface area (Å²) in [5, 5.41) is 50.2. The molecule has 13 nitrogen and oxygen atoms in total. The molecule has 13 heteroatoms. The van der Waals surface area contributed by atoms with E-state index in [4.69, 9.17) is 18.9 Å². The van der Waals surface area contributed by atoms with Crippen molar-refractivity contribution in [3.05, 3.63) is 129 Å². The van der Waals surface area contributed by atoms with Gasteiger partial charge in [0.15, 0.2) is 24.0 Å². The Kier molecular flexibility index (Phi) is 14.5. The molecule has 0 amide bonds.